The molecule has 3 nitrogen and oxygen atoms in total. The number of benzene rings is 1. The molecule has 0 aliphatic rings. The molecule has 0 unspecified atom stereocenters. The van der Waals surface area contributed by atoms with E-state index >= 15 is 0 Å². The number of hydrogen-bond acceptors (Lipinski definition) is 3. The lowest BCUT2D eigenvalue weighted by atomic mass is 10.3. The molecule has 0 heterocycles. The van der Waals surface area contributed by atoms with Crippen molar-refractivity contribution in [2.24, 2.45) is 0 Å². The van der Waals surface area contributed by atoms with Gasteiger partial charge in [0.05, 0.1) is 7.11 Å². The van der Waals surface area contributed by atoms with Gasteiger partial charge in [0.15, 0.2) is 0 Å². The Bertz CT molecular complexity index is 416. The Labute approximate surface area is 83.8 Å². The van der Waals surface area contributed by atoms with Crippen LogP contribution in [0.1, 0.15) is 0 Å². The van der Waals surface area contributed by atoms with Gasteiger partial charge in [-0.15, -0.1) is 0 Å². The van der Waals surface area contributed by atoms with E-state index in [-0.39, 0.29) is 0 Å². The fourth-order valence-electron chi connectivity index (χ4n) is 0.741. The third-order valence-electron chi connectivity index (χ3n) is 1.32. The van der Waals surface area contributed by atoms with Crippen LogP contribution in [0.2, 0.25) is 0 Å². The minimum absolute atomic E-state index is 0.452. The summed E-state index contributed by atoms with van der Waals surface area (Å²) in [7, 11) is -1.32. The van der Waals surface area contributed by atoms with E-state index in [4.69, 9.17) is 0 Å². The minimum atomic E-state index is -4.05. The van der Waals surface area contributed by atoms with E-state index < -0.39 is 20.8 Å². The van der Waals surface area contributed by atoms with E-state index in [0.29, 0.717) is 4.47 Å². The van der Waals surface area contributed by atoms with Crippen LogP contribution < -0.4 is 0 Å². The first-order valence-corrected chi connectivity index (χ1v) is 5.31. The van der Waals surface area contributed by atoms with Crippen molar-refractivity contribution in [3.63, 3.8) is 0 Å². The third-order valence-corrected chi connectivity index (χ3v) is 2.99. The molecule has 0 fully saturated rings. The average Bonchev–Trinajstić information content (AvgIpc) is 2.03. The summed E-state index contributed by atoms with van der Waals surface area (Å²) in [5, 5.41) is 0. The van der Waals surface area contributed by atoms with Crippen LogP contribution in [-0.4, -0.2) is 8.42 Å². The van der Waals surface area contributed by atoms with E-state index in [1.807, 2.05) is 0 Å². The van der Waals surface area contributed by atoms with Gasteiger partial charge in [0, 0.05) is 4.47 Å². The maximum Gasteiger partial charge on any atom is 0.299 e. The Morgan fingerprint density at radius 2 is 2.08 bits per heavy atom. The number of hydrogen-bond donors (Lipinski definition) is 0. The molecule has 0 N–H and O–H groups in total. The highest BCUT2D eigenvalue weighted by Crippen LogP contribution is 2.20. The van der Waals surface area contributed by atoms with Crippen LogP contribution in [0, 0.1) is 12.9 Å². The van der Waals surface area contributed by atoms with E-state index in [2.05, 4.69) is 27.2 Å². The highest BCUT2D eigenvalue weighted by atomic mass is 79.9. The van der Waals surface area contributed by atoms with Crippen molar-refractivity contribution >= 4 is 26.0 Å². The van der Waals surface area contributed by atoms with Gasteiger partial charge < -0.3 is 0 Å². The van der Waals surface area contributed by atoms with Crippen LogP contribution in [0.15, 0.2) is 27.6 Å². The monoisotopic (exact) mass is 267 g/mol. The van der Waals surface area contributed by atoms with Crippen molar-refractivity contribution in [3.8, 4) is 0 Å². The Kier molecular flexibility index (Phi) is 3.05. The lowest BCUT2D eigenvalue weighted by Gasteiger charge is -2.02. The summed E-state index contributed by atoms with van der Waals surface area (Å²) < 4.78 is 39.4. The number of halogens is 2. The highest BCUT2D eigenvalue weighted by molar-refractivity contribution is 9.10. The molecule has 1 rings (SSSR count). The lowest BCUT2D eigenvalue weighted by molar-refractivity contribution is 0.431. The maximum absolute atomic E-state index is 13.0. The van der Waals surface area contributed by atoms with Crippen molar-refractivity contribution in [1.29, 1.82) is 0 Å². The summed E-state index contributed by atoms with van der Waals surface area (Å²) >= 11 is 2.99. The summed E-state index contributed by atoms with van der Waals surface area (Å²) in [6.07, 6.45) is 0. The van der Waals surface area contributed by atoms with Gasteiger partial charge in [-0.2, -0.15) is 8.42 Å². The molecule has 0 atom stereocenters. The Morgan fingerprint density at radius 1 is 1.46 bits per heavy atom. The van der Waals surface area contributed by atoms with Crippen LogP contribution in [-0.2, 0) is 14.3 Å². The summed E-state index contributed by atoms with van der Waals surface area (Å²) in [5.74, 6) is -0.877. The lowest BCUT2D eigenvalue weighted by Crippen LogP contribution is -2.04. The van der Waals surface area contributed by atoms with Crippen LogP contribution >= 0.6 is 15.9 Å². The first-order chi connectivity index (χ1) is 5.97. The molecule has 0 aliphatic heterocycles. The molecule has 0 aliphatic carbocycles. The van der Waals surface area contributed by atoms with Crippen molar-refractivity contribution in [3.05, 3.63) is 35.6 Å². The second-order valence-electron chi connectivity index (χ2n) is 2.15. The molecule has 1 radical (unpaired) electrons. The zero-order valence-corrected chi connectivity index (χ0v) is 8.73. The van der Waals surface area contributed by atoms with Gasteiger partial charge in [-0.25, -0.2) is 4.39 Å². The van der Waals surface area contributed by atoms with E-state index in [0.717, 1.165) is 12.1 Å². The first-order valence-electron chi connectivity index (χ1n) is 3.11. The molecule has 1 aromatic carbocycles. The molecule has 13 heavy (non-hydrogen) atoms. The van der Waals surface area contributed by atoms with Gasteiger partial charge in [-0.3, -0.25) is 4.18 Å². The summed E-state index contributed by atoms with van der Waals surface area (Å²) in [4.78, 5) is -0.522. The second kappa shape index (κ2) is 3.73. The van der Waals surface area contributed by atoms with Gasteiger partial charge in [0.25, 0.3) is 10.1 Å². The fourth-order valence-corrected chi connectivity index (χ4v) is 1.73. The molecule has 0 aromatic heterocycles. The van der Waals surface area contributed by atoms with Crippen LogP contribution in [0.5, 0.6) is 0 Å². The highest BCUT2D eigenvalue weighted by Gasteiger charge is 2.18. The Balaban J connectivity index is 3.33. The molecule has 1 aromatic rings. The molecular formula is C7H5BrFO3S. The molecule has 71 valence electrons. The van der Waals surface area contributed by atoms with Crippen LogP contribution in [0.3, 0.4) is 0 Å². The van der Waals surface area contributed by atoms with Crippen LogP contribution in [0.4, 0.5) is 4.39 Å². The molecular weight excluding hydrogens is 263 g/mol. The summed E-state index contributed by atoms with van der Waals surface area (Å²) in [6, 6.07) is 3.53. The molecule has 0 saturated carbocycles. The second-order valence-corrected chi connectivity index (χ2v) is 4.65. The smallest absolute Gasteiger partial charge is 0.264 e. The zero-order chi connectivity index (χ0) is 10.1. The molecule has 0 amide bonds. The predicted octanol–water partition coefficient (Wildman–Crippen LogP) is 2.09. The van der Waals surface area contributed by atoms with Crippen molar-refractivity contribution < 1.29 is 17.0 Å². The first kappa shape index (κ1) is 10.6. The van der Waals surface area contributed by atoms with Gasteiger partial charge in [0.2, 0.25) is 0 Å². The maximum atomic E-state index is 13.0. The van der Waals surface area contributed by atoms with Gasteiger partial charge in [0.1, 0.15) is 10.7 Å². The van der Waals surface area contributed by atoms with Gasteiger partial charge in [-0.1, -0.05) is 15.9 Å². The molecule has 0 spiro atoms. The van der Waals surface area contributed by atoms with Crippen molar-refractivity contribution in [2.75, 3.05) is 0 Å². The molecule has 6 heteroatoms. The Hall–Kier alpha value is -0.460. The predicted molar refractivity (Wildman–Crippen MR) is 47.7 cm³/mol. The quantitative estimate of drug-likeness (QED) is 0.771. The SMILES string of the molecule is [CH2]OS(=O)(=O)c1ccc(Br)cc1F. The summed E-state index contributed by atoms with van der Waals surface area (Å²) in [5.41, 5.74) is 0. The fraction of sp³-hybridized carbons (Fsp3) is 0. The van der Waals surface area contributed by atoms with E-state index in [1.165, 1.54) is 6.07 Å². The molecule has 0 saturated heterocycles. The van der Waals surface area contributed by atoms with Gasteiger partial charge in [-0.05, 0) is 18.2 Å². The minimum Gasteiger partial charge on any atom is -0.264 e. The topological polar surface area (TPSA) is 43.4 Å². The van der Waals surface area contributed by atoms with Crippen molar-refractivity contribution in [1.82, 2.24) is 0 Å². The number of rotatable bonds is 2. The largest absolute Gasteiger partial charge is 0.299 e. The van der Waals surface area contributed by atoms with Gasteiger partial charge >= 0.3 is 0 Å². The average molecular weight is 268 g/mol. The van der Waals surface area contributed by atoms with E-state index in [1.54, 1.807) is 0 Å². The molecule has 0 bridgehead atoms. The third kappa shape index (κ3) is 2.26. The standard InChI is InChI=1S/C7H5BrFO3S/c1-12-13(10,11)7-3-2-5(8)4-6(7)9/h2-4H,1H2. The summed E-state index contributed by atoms with van der Waals surface area (Å²) in [6.45, 7) is 0. The zero-order valence-electron chi connectivity index (χ0n) is 6.33. The van der Waals surface area contributed by atoms with Crippen LogP contribution in [0.25, 0.3) is 0 Å². The normalized spacial score (nSPS) is 11.6. The van der Waals surface area contributed by atoms with Crippen molar-refractivity contribution in [2.45, 2.75) is 4.90 Å². The Morgan fingerprint density at radius 3 is 2.54 bits per heavy atom. The van der Waals surface area contributed by atoms with E-state index in [9.17, 15) is 12.8 Å².